The van der Waals surface area contributed by atoms with Crippen LogP contribution in [0.1, 0.15) is 20.8 Å². The zero-order valence-electron chi connectivity index (χ0n) is 13.3. The summed E-state index contributed by atoms with van der Waals surface area (Å²) in [5.74, 6) is -0.377. The van der Waals surface area contributed by atoms with E-state index in [1.54, 1.807) is 0 Å². The number of alkyl halides is 3. The van der Waals surface area contributed by atoms with Crippen molar-refractivity contribution in [3.63, 3.8) is 0 Å². The van der Waals surface area contributed by atoms with E-state index in [0.717, 1.165) is 15.4 Å². The number of hydrogen-bond acceptors (Lipinski definition) is 3. The molecule has 4 nitrogen and oxygen atoms in total. The molecule has 1 saturated heterocycles. The predicted molar refractivity (Wildman–Crippen MR) is 84.8 cm³/mol. The van der Waals surface area contributed by atoms with E-state index in [4.69, 9.17) is 4.74 Å². The average molecular weight is 358 g/mol. The quantitative estimate of drug-likeness (QED) is 0.823. The van der Waals surface area contributed by atoms with Gasteiger partial charge in [-0.3, -0.25) is 4.79 Å². The Hall–Kier alpha value is -1.80. The molecule has 24 heavy (non-hydrogen) atoms. The van der Waals surface area contributed by atoms with E-state index in [9.17, 15) is 18.0 Å². The molecule has 3 heterocycles. The molecule has 1 fully saturated rings. The molecule has 0 aromatic carbocycles. The van der Waals surface area contributed by atoms with Crippen LogP contribution in [0.15, 0.2) is 24.5 Å². The number of carbonyl (C=O) groups is 1. The van der Waals surface area contributed by atoms with Crippen molar-refractivity contribution in [3.8, 4) is 5.00 Å². The first-order valence-corrected chi connectivity index (χ1v) is 8.31. The van der Waals surface area contributed by atoms with Gasteiger partial charge < -0.3 is 14.2 Å². The zero-order chi connectivity index (χ0) is 17.5. The van der Waals surface area contributed by atoms with Crippen LogP contribution in [0.25, 0.3) is 5.00 Å². The van der Waals surface area contributed by atoms with Crippen LogP contribution in [0, 0.1) is 13.8 Å². The van der Waals surface area contributed by atoms with Crippen molar-refractivity contribution in [3.05, 3.63) is 40.5 Å². The number of hydrogen-bond donors (Lipinski definition) is 0. The second-order valence-electron chi connectivity index (χ2n) is 5.71. The molecule has 0 N–H and O–H groups in total. The Kier molecular flexibility index (Phi) is 4.44. The Morgan fingerprint density at radius 3 is 2.58 bits per heavy atom. The van der Waals surface area contributed by atoms with Crippen molar-refractivity contribution in [1.29, 1.82) is 0 Å². The third kappa shape index (κ3) is 3.08. The van der Waals surface area contributed by atoms with E-state index in [1.165, 1.54) is 16.2 Å². The zero-order valence-corrected chi connectivity index (χ0v) is 14.1. The summed E-state index contributed by atoms with van der Waals surface area (Å²) in [6, 6.07) is 3.68. The lowest BCUT2D eigenvalue weighted by Gasteiger charge is -2.34. The number of amides is 1. The number of morpholine rings is 1. The fourth-order valence-corrected chi connectivity index (χ4v) is 3.82. The van der Waals surface area contributed by atoms with Gasteiger partial charge in [0, 0.05) is 23.8 Å². The molecule has 0 aliphatic carbocycles. The average Bonchev–Trinajstić information content (AvgIpc) is 3.15. The monoisotopic (exact) mass is 358 g/mol. The summed E-state index contributed by atoms with van der Waals surface area (Å²) in [6.45, 7) is 3.30. The fraction of sp³-hybridized carbons (Fsp3) is 0.438. The summed E-state index contributed by atoms with van der Waals surface area (Å²) in [7, 11) is 0. The number of nitrogens with zero attached hydrogens (tertiary/aromatic N) is 2. The summed E-state index contributed by atoms with van der Waals surface area (Å²) >= 11 is 1.46. The summed E-state index contributed by atoms with van der Waals surface area (Å²) in [5.41, 5.74) is 1.28. The van der Waals surface area contributed by atoms with Gasteiger partial charge in [0.1, 0.15) is 5.00 Å². The molecule has 8 heteroatoms. The molecule has 1 unspecified atom stereocenters. The summed E-state index contributed by atoms with van der Waals surface area (Å²) in [5, 5.41) is 0.732. The maximum Gasteiger partial charge on any atom is 0.416 e. The molecule has 1 aliphatic rings. The first-order chi connectivity index (χ1) is 11.3. The lowest BCUT2D eigenvalue weighted by atomic mass is 10.1. The highest BCUT2D eigenvalue weighted by Crippen LogP contribution is 2.33. The molecule has 1 atom stereocenters. The minimum Gasteiger partial charge on any atom is -0.365 e. The highest BCUT2D eigenvalue weighted by atomic mass is 32.1. The third-order valence-electron chi connectivity index (χ3n) is 4.14. The lowest BCUT2D eigenvalue weighted by molar-refractivity contribution is -0.233. The van der Waals surface area contributed by atoms with Crippen molar-refractivity contribution in [2.45, 2.75) is 26.1 Å². The highest BCUT2D eigenvalue weighted by molar-refractivity contribution is 7.15. The second-order valence-corrected chi connectivity index (χ2v) is 6.91. The van der Waals surface area contributed by atoms with Gasteiger partial charge in [-0.05, 0) is 31.5 Å². The molecular weight excluding hydrogens is 341 g/mol. The molecule has 2 aromatic heterocycles. The molecule has 0 radical (unpaired) electrons. The highest BCUT2D eigenvalue weighted by Gasteiger charge is 2.44. The summed E-state index contributed by atoms with van der Waals surface area (Å²) in [4.78, 5) is 15.1. The normalized spacial score (nSPS) is 18.9. The number of aromatic nitrogens is 1. The summed E-state index contributed by atoms with van der Waals surface area (Å²) in [6.07, 6.45) is -2.76. The van der Waals surface area contributed by atoms with Crippen LogP contribution in [-0.4, -0.2) is 47.4 Å². The van der Waals surface area contributed by atoms with E-state index in [1.807, 2.05) is 42.9 Å². The largest absolute Gasteiger partial charge is 0.416 e. The molecular formula is C16H17F3N2O2S. The Morgan fingerprint density at radius 2 is 1.96 bits per heavy atom. The number of rotatable bonds is 2. The topological polar surface area (TPSA) is 34.5 Å². The Balaban J connectivity index is 1.93. The predicted octanol–water partition coefficient (Wildman–Crippen LogP) is 3.56. The van der Waals surface area contributed by atoms with Crippen molar-refractivity contribution in [2.75, 3.05) is 19.7 Å². The molecule has 0 saturated carbocycles. The maximum atomic E-state index is 12.9. The van der Waals surface area contributed by atoms with Crippen LogP contribution in [-0.2, 0) is 4.74 Å². The van der Waals surface area contributed by atoms with Gasteiger partial charge in [-0.25, -0.2) is 0 Å². The first kappa shape index (κ1) is 17.0. The molecule has 3 rings (SSSR count). The van der Waals surface area contributed by atoms with Crippen LogP contribution < -0.4 is 0 Å². The van der Waals surface area contributed by atoms with Crippen molar-refractivity contribution in [1.82, 2.24) is 9.47 Å². The number of halogens is 3. The number of thiophene rings is 1. The SMILES string of the molecule is Cc1sc(-n2cccc2)c(C(=O)N2CCOC(C(F)(F)F)C2)c1C. The van der Waals surface area contributed by atoms with Gasteiger partial charge in [0.05, 0.1) is 18.7 Å². The van der Waals surface area contributed by atoms with Gasteiger partial charge in [-0.2, -0.15) is 13.2 Å². The van der Waals surface area contributed by atoms with E-state index in [-0.39, 0.29) is 19.1 Å². The van der Waals surface area contributed by atoms with E-state index < -0.39 is 18.8 Å². The van der Waals surface area contributed by atoms with Crippen LogP contribution in [0.4, 0.5) is 13.2 Å². The standard InChI is InChI=1S/C16H17F3N2O2S/c1-10-11(2)24-15(20-5-3-4-6-20)13(10)14(22)21-7-8-23-12(9-21)16(17,18)19/h3-6,12H,7-9H2,1-2H3. The third-order valence-corrected chi connectivity index (χ3v) is 5.36. The van der Waals surface area contributed by atoms with Crippen molar-refractivity contribution in [2.24, 2.45) is 0 Å². The van der Waals surface area contributed by atoms with Crippen LogP contribution in [0.2, 0.25) is 0 Å². The Bertz CT molecular complexity index is 737. The Labute approximate surface area is 141 Å². The number of aryl methyl sites for hydroxylation is 1. The van der Waals surface area contributed by atoms with Gasteiger partial charge in [0.15, 0.2) is 6.10 Å². The van der Waals surface area contributed by atoms with E-state index in [0.29, 0.717) is 5.56 Å². The second kappa shape index (κ2) is 6.25. The summed E-state index contributed by atoms with van der Waals surface area (Å²) < 4.78 is 45.3. The van der Waals surface area contributed by atoms with E-state index >= 15 is 0 Å². The smallest absolute Gasteiger partial charge is 0.365 e. The number of carbonyl (C=O) groups excluding carboxylic acids is 1. The van der Waals surface area contributed by atoms with Gasteiger partial charge >= 0.3 is 6.18 Å². The molecule has 1 aliphatic heterocycles. The van der Waals surface area contributed by atoms with Gasteiger partial charge in [-0.15, -0.1) is 11.3 Å². The lowest BCUT2D eigenvalue weighted by Crippen LogP contribution is -2.51. The van der Waals surface area contributed by atoms with Crippen molar-refractivity contribution >= 4 is 17.2 Å². The van der Waals surface area contributed by atoms with Crippen LogP contribution in [0.5, 0.6) is 0 Å². The van der Waals surface area contributed by atoms with Gasteiger partial charge in [0.2, 0.25) is 0 Å². The molecule has 1 amide bonds. The van der Waals surface area contributed by atoms with Gasteiger partial charge in [-0.1, -0.05) is 0 Å². The number of ether oxygens (including phenoxy) is 1. The molecule has 130 valence electrons. The van der Waals surface area contributed by atoms with Crippen LogP contribution in [0.3, 0.4) is 0 Å². The minimum atomic E-state index is -4.47. The molecule has 2 aromatic rings. The first-order valence-electron chi connectivity index (χ1n) is 7.50. The fourth-order valence-electron chi connectivity index (χ4n) is 2.70. The van der Waals surface area contributed by atoms with Crippen LogP contribution >= 0.6 is 11.3 Å². The van der Waals surface area contributed by atoms with Gasteiger partial charge in [0.25, 0.3) is 5.91 Å². The van der Waals surface area contributed by atoms with E-state index in [2.05, 4.69) is 0 Å². The minimum absolute atomic E-state index is 0.114. The molecule has 0 spiro atoms. The molecule has 0 bridgehead atoms. The maximum absolute atomic E-state index is 12.9. The van der Waals surface area contributed by atoms with Crippen molar-refractivity contribution < 1.29 is 22.7 Å². The Morgan fingerprint density at radius 1 is 1.29 bits per heavy atom.